The zero-order chi connectivity index (χ0) is 17.3. The van der Waals surface area contributed by atoms with Gasteiger partial charge in [0.05, 0.1) is 12.1 Å². The standard InChI is InChI=1S/C14H29N3O6/c1-5-3-6(16)12(13(21-2)9(5)18)23-14-8(17)11(20)10(19)7(4-15)22-14/h5-14,18-20H,3-4,15-17H2,1-2H3. The van der Waals surface area contributed by atoms with E-state index in [9.17, 15) is 15.3 Å². The summed E-state index contributed by atoms with van der Waals surface area (Å²) in [4.78, 5) is 0. The molecule has 0 amide bonds. The summed E-state index contributed by atoms with van der Waals surface area (Å²) in [6.45, 7) is 1.90. The van der Waals surface area contributed by atoms with Crippen LogP contribution in [-0.2, 0) is 14.2 Å². The van der Waals surface area contributed by atoms with Crippen molar-refractivity contribution >= 4 is 0 Å². The molecule has 136 valence electrons. The van der Waals surface area contributed by atoms with Crippen molar-refractivity contribution in [1.29, 1.82) is 0 Å². The highest BCUT2D eigenvalue weighted by Gasteiger charge is 2.48. The van der Waals surface area contributed by atoms with E-state index in [0.717, 1.165) is 0 Å². The fourth-order valence-corrected chi connectivity index (χ4v) is 3.34. The molecule has 23 heavy (non-hydrogen) atoms. The number of rotatable bonds is 4. The summed E-state index contributed by atoms with van der Waals surface area (Å²) < 4.78 is 16.8. The predicted octanol–water partition coefficient (Wildman–Crippen LogP) is -3.15. The van der Waals surface area contributed by atoms with Crippen LogP contribution in [0.2, 0.25) is 0 Å². The summed E-state index contributed by atoms with van der Waals surface area (Å²) in [7, 11) is 1.47. The van der Waals surface area contributed by atoms with Crippen molar-refractivity contribution in [2.24, 2.45) is 23.1 Å². The summed E-state index contributed by atoms with van der Waals surface area (Å²) in [5.41, 5.74) is 17.6. The third-order valence-corrected chi connectivity index (χ3v) is 4.85. The van der Waals surface area contributed by atoms with Crippen molar-refractivity contribution < 1.29 is 29.5 Å². The molecule has 2 fully saturated rings. The molecule has 1 heterocycles. The first-order valence-electron chi connectivity index (χ1n) is 7.91. The molecule has 1 saturated heterocycles. The molecule has 9 nitrogen and oxygen atoms in total. The van der Waals surface area contributed by atoms with E-state index >= 15 is 0 Å². The van der Waals surface area contributed by atoms with Crippen molar-refractivity contribution in [3.63, 3.8) is 0 Å². The van der Waals surface area contributed by atoms with Crippen LogP contribution < -0.4 is 17.2 Å². The van der Waals surface area contributed by atoms with E-state index in [1.54, 1.807) is 0 Å². The number of aliphatic hydroxyl groups excluding tert-OH is 3. The summed E-state index contributed by atoms with van der Waals surface area (Å²) in [5, 5.41) is 30.2. The number of ether oxygens (including phenoxy) is 3. The van der Waals surface area contributed by atoms with E-state index in [-0.39, 0.29) is 18.5 Å². The maximum Gasteiger partial charge on any atom is 0.176 e. The lowest BCUT2D eigenvalue weighted by Gasteiger charge is -2.46. The molecule has 1 saturated carbocycles. The molecule has 1 aliphatic carbocycles. The average molecular weight is 335 g/mol. The van der Waals surface area contributed by atoms with Crippen LogP contribution in [0.3, 0.4) is 0 Å². The Morgan fingerprint density at radius 3 is 2.30 bits per heavy atom. The zero-order valence-corrected chi connectivity index (χ0v) is 13.5. The smallest absolute Gasteiger partial charge is 0.176 e. The summed E-state index contributed by atoms with van der Waals surface area (Å²) in [5.74, 6) is -0.0278. The largest absolute Gasteiger partial charge is 0.390 e. The molecular weight excluding hydrogens is 306 g/mol. The van der Waals surface area contributed by atoms with E-state index in [2.05, 4.69) is 0 Å². The van der Waals surface area contributed by atoms with Gasteiger partial charge in [-0.3, -0.25) is 0 Å². The van der Waals surface area contributed by atoms with Crippen molar-refractivity contribution in [3.8, 4) is 0 Å². The second kappa shape index (κ2) is 7.68. The van der Waals surface area contributed by atoms with Crippen molar-refractivity contribution in [1.82, 2.24) is 0 Å². The SMILES string of the molecule is COC1C(O)C(C)CC(N)C1OC1OC(CN)C(O)C(O)C1N. The lowest BCUT2D eigenvalue weighted by molar-refractivity contribution is -0.291. The van der Waals surface area contributed by atoms with Gasteiger partial charge in [0.15, 0.2) is 6.29 Å². The van der Waals surface area contributed by atoms with Crippen LogP contribution in [0.25, 0.3) is 0 Å². The van der Waals surface area contributed by atoms with Crippen molar-refractivity contribution in [2.75, 3.05) is 13.7 Å². The molecule has 2 aliphatic rings. The first-order chi connectivity index (χ1) is 10.8. The van der Waals surface area contributed by atoms with Crippen molar-refractivity contribution in [2.45, 2.75) is 68.3 Å². The molecular formula is C14H29N3O6. The molecule has 10 unspecified atom stereocenters. The molecule has 2 rings (SSSR count). The molecule has 1 aliphatic heterocycles. The molecule has 9 N–H and O–H groups in total. The number of methoxy groups -OCH3 is 1. The summed E-state index contributed by atoms with van der Waals surface area (Å²) in [6, 6.07) is -1.34. The molecule has 0 aromatic heterocycles. The lowest BCUT2D eigenvalue weighted by atomic mass is 9.80. The van der Waals surface area contributed by atoms with E-state index in [4.69, 9.17) is 31.4 Å². The predicted molar refractivity (Wildman–Crippen MR) is 81.1 cm³/mol. The first-order valence-corrected chi connectivity index (χ1v) is 7.91. The van der Waals surface area contributed by atoms with Crippen LogP contribution >= 0.6 is 0 Å². The van der Waals surface area contributed by atoms with Crippen LogP contribution in [-0.4, -0.2) is 84.0 Å². The minimum atomic E-state index is -1.23. The van der Waals surface area contributed by atoms with Gasteiger partial charge in [-0.1, -0.05) is 6.92 Å². The highest BCUT2D eigenvalue weighted by atomic mass is 16.7. The van der Waals surface area contributed by atoms with E-state index in [1.165, 1.54) is 7.11 Å². The molecule has 0 radical (unpaired) electrons. The third kappa shape index (κ3) is 3.68. The topological polar surface area (TPSA) is 166 Å². The Kier molecular flexibility index (Phi) is 6.34. The van der Waals surface area contributed by atoms with E-state index in [1.807, 2.05) is 6.92 Å². The second-order valence-electron chi connectivity index (χ2n) is 6.51. The minimum absolute atomic E-state index is 0.00882. The summed E-state index contributed by atoms with van der Waals surface area (Å²) in [6.07, 6.45) is -5.67. The van der Waals surface area contributed by atoms with Gasteiger partial charge in [0.2, 0.25) is 0 Å². The highest BCUT2D eigenvalue weighted by Crippen LogP contribution is 2.31. The Labute approximate surface area is 135 Å². The lowest BCUT2D eigenvalue weighted by Crippen LogP contribution is -2.66. The molecule has 0 aromatic carbocycles. The van der Waals surface area contributed by atoms with Gasteiger partial charge >= 0.3 is 0 Å². The number of hydrogen-bond donors (Lipinski definition) is 6. The van der Waals surface area contributed by atoms with Crippen LogP contribution in [0.4, 0.5) is 0 Å². The van der Waals surface area contributed by atoms with Gasteiger partial charge in [-0.25, -0.2) is 0 Å². The molecule has 10 atom stereocenters. The maximum absolute atomic E-state index is 10.3. The van der Waals surface area contributed by atoms with Crippen LogP contribution in [0.15, 0.2) is 0 Å². The second-order valence-corrected chi connectivity index (χ2v) is 6.51. The van der Waals surface area contributed by atoms with Gasteiger partial charge in [0, 0.05) is 19.7 Å². The summed E-state index contributed by atoms with van der Waals surface area (Å²) >= 11 is 0. The highest BCUT2D eigenvalue weighted by molar-refractivity contribution is 4.98. The molecule has 0 bridgehead atoms. The monoisotopic (exact) mass is 335 g/mol. The zero-order valence-electron chi connectivity index (χ0n) is 13.5. The Bertz CT molecular complexity index is 388. The normalized spacial score (nSPS) is 51.7. The number of nitrogens with two attached hydrogens (primary N) is 3. The van der Waals surface area contributed by atoms with Crippen molar-refractivity contribution in [3.05, 3.63) is 0 Å². The van der Waals surface area contributed by atoms with Crippen LogP contribution in [0.5, 0.6) is 0 Å². The fourth-order valence-electron chi connectivity index (χ4n) is 3.34. The fraction of sp³-hybridized carbons (Fsp3) is 1.00. The van der Waals surface area contributed by atoms with Gasteiger partial charge in [-0.05, 0) is 12.3 Å². The first kappa shape index (κ1) is 19.0. The maximum atomic E-state index is 10.3. The quantitative estimate of drug-likeness (QED) is 0.311. The van der Waals surface area contributed by atoms with Crippen LogP contribution in [0, 0.1) is 5.92 Å². The van der Waals surface area contributed by atoms with Gasteiger partial charge in [0.1, 0.15) is 30.5 Å². The Balaban J connectivity index is 2.12. The Morgan fingerprint density at radius 1 is 1.09 bits per heavy atom. The molecule has 0 spiro atoms. The van der Waals surface area contributed by atoms with Gasteiger partial charge in [-0.15, -0.1) is 0 Å². The molecule has 9 heteroatoms. The number of aliphatic hydroxyl groups is 3. The van der Waals surface area contributed by atoms with Gasteiger partial charge in [-0.2, -0.15) is 0 Å². The van der Waals surface area contributed by atoms with Crippen LogP contribution in [0.1, 0.15) is 13.3 Å². The van der Waals surface area contributed by atoms with Gasteiger partial charge in [0.25, 0.3) is 0 Å². The average Bonchev–Trinajstić information content (AvgIpc) is 2.53. The Hall–Kier alpha value is -0.360. The number of hydrogen-bond acceptors (Lipinski definition) is 9. The molecule has 0 aromatic rings. The van der Waals surface area contributed by atoms with E-state index in [0.29, 0.717) is 6.42 Å². The van der Waals surface area contributed by atoms with E-state index < -0.39 is 49.0 Å². The third-order valence-electron chi connectivity index (χ3n) is 4.85. The Morgan fingerprint density at radius 2 is 1.74 bits per heavy atom. The van der Waals surface area contributed by atoms with Gasteiger partial charge < -0.3 is 46.7 Å². The minimum Gasteiger partial charge on any atom is -0.390 e.